The molecule has 0 radical (unpaired) electrons. The van der Waals surface area contributed by atoms with Crippen molar-refractivity contribution >= 4 is 29.4 Å². The first kappa shape index (κ1) is 27.9. The van der Waals surface area contributed by atoms with E-state index in [1.54, 1.807) is 50.6 Å². The molecule has 1 N–H and O–H groups in total. The Morgan fingerprint density at radius 2 is 1.41 bits per heavy atom. The van der Waals surface area contributed by atoms with E-state index >= 15 is 0 Å². The minimum absolute atomic E-state index is 0.0176. The first-order chi connectivity index (χ1) is 18.8. The van der Waals surface area contributed by atoms with Crippen LogP contribution in [0.2, 0.25) is 5.02 Å². The molecule has 10 heteroatoms. The highest BCUT2D eigenvalue weighted by Gasteiger charge is 2.37. The van der Waals surface area contributed by atoms with E-state index in [4.69, 9.17) is 40.0 Å². The van der Waals surface area contributed by atoms with Gasteiger partial charge in [-0.2, -0.15) is 0 Å². The number of esters is 1. The van der Waals surface area contributed by atoms with Crippen LogP contribution in [0.15, 0.2) is 54.6 Å². The van der Waals surface area contributed by atoms with E-state index in [1.165, 1.54) is 14.2 Å². The average Bonchev–Trinajstić information content (AvgIpc) is 3.27. The molecular formula is C29H30ClNO8. The molecule has 9 nitrogen and oxygen atoms in total. The van der Waals surface area contributed by atoms with Crippen LogP contribution in [0.3, 0.4) is 0 Å². The minimum atomic E-state index is -0.740. The summed E-state index contributed by atoms with van der Waals surface area (Å²) in [6.07, 6.45) is 0.345. The Hall–Kier alpha value is -4.11. The molecule has 2 atom stereocenters. The number of benzene rings is 3. The van der Waals surface area contributed by atoms with Crippen molar-refractivity contribution < 1.29 is 38.0 Å². The van der Waals surface area contributed by atoms with Gasteiger partial charge in [0.05, 0.1) is 46.7 Å². The molecule has 1 aliphatic heterocycles. The van der Waals surface area contributed by atoms with Crippen LogP contribution in [-0.4, -0.2) is 47.1 Å². The van der Waals surface area contributed by atoms with Gasteiger partial charge in [0, 0.05) is 10.9 Å². The maximum absolute atomic E-state index is 12.6. The number of carbonyl (C=O) groups is 2. The molecule has 1 fully saturated rings. The lowest BCUT2D eigenvalue weighted by Gasteiger charge is -2.17. The van der Waals surface area contributed by atoms with Crippen molar-refractivity contribution in [3.05, 3.63) is 70.7 Å². The fourth-order valence-corrected chi connectivity index (χ4v) is 4.73. The zero-order chi connectivity index (χ0) is 27.9. The number of carbonyl (C=O) groups excluding carboxylic acids is 2. The van der Waals surface area contributed by atoms with E-state index < -0.39 is 6.09 Å². The number of nitrogens with one attached hydrogen (secondary N) is 1. The average molecular weight is 556 g/mol. The van der Waals surface area contributed by atoms with Crippen molar-refractivity contribution in [1.29, 1.82) is 0 Å². The normalized spacial score (nSPS) is 16.3. The smallest absolute Gasteiger partial charge is 0.417 e. The molecule has 1 saturated heterocycles. The molecule has 1 heterocycles. The minimum Gasteiger partial charge on any atom is -0.495 e. The summed E-state index contributed by atoms with van der Waals surface area (Å²) in [4.78, 5) is 25.2. The number of halogens is 1. The molecule has 206 valence electrons. The van der Waals surface area contributed by atoms with E-state index in [9.17, 15) is 9.59 Å². The molecule has 0 spiro atoms. The number of amides is 1. The maximum atomic E-state index is 12.6. The van der Waals surface area contributed by atoms with Gasteiger partial charge < -0.3 is 28.4 Å². The Balaban J connectivity index is 1.45. The zero-order valence-electron chi connectivity index (χ0n) is 22.1. The summed E-state index contributed by atoms with van der Waals surface area (Å²) in [5.74, 6) is 1.68. The zero-order valence-corrected chi connectivity index (χ0v) is 22.9. The summed E-state index contributed by atoms with van der Waals surface area (Å²) in [7, 11) is 6.14. The highest BCUT2D eigenvalue weighted by molar-refractivity contribution is 6.31. The van der Waals surface area contributed by atoms with Gasteiger partial charge in [-0.1, -0.05) is 23.7 Å². The van der Waals surface area contributed by atoms with Crippen molar-refractivity contribution in [3.8, 4) is 28.7 Å². The van der Waals surface area contributed by atoms with Gasteiger partial charge in [-0.3, -0.25) is 10.1 Å². The van der Waals surface area contributed by atoms with Gasteiger partial charge in [0.1, 0.15) is 5.75 Å². The predicted octanol–water partition coefficient (Wildman–Crippen LogP) is 5.56. The molecule has 0 aliphatic carbocycles. The monoisotopic (exact) mass is 555 g/mol. The summed E-state index contributed by atoms with van der Waals surface area (Å²) >= 11 is 6.03. The fraction of sp³-hybridized carbons (Fsp3) is 0.310. The second-order valence-corrected chi connectivity index (χ2v) is 9.37. The molecule has 0 saturated carbocycles. The van der Waals surface area contributed by atoms with Crippen LogP contribution < -0.4 is 29.0 Å². The second kappa shape index (κ2) is 12.6. The third-order valence-electron chi connectivity index (χ3n) is 6.54. The summed E-state index contributed by atoms with van der Waals surface area (Å²) in [5.41, 5.74) is 2.23. The molecule has 1 amide bonds. The van der Waals surface area contributed by atoms with Gasteiger partial charge in [-0.15, -0.1) is 0 Å². The summed E-state index contributed by atoms with van der Waals surface area (Å²) in [6, 6.07) is 15.7. The van der Waals surface area contributed by atoms with Gasteiger partial charge in [0.2, 0.25) is 0 Å². The third kappa shape index (κ3) is 6.67. The lowest BCUT2D eigenvalue weighted by atomic mass is 9.85. The van der Waals surface area contributed by atoms with Crippen LogP contribution in [0.25, 0.3) is 0 Å². The Labute approximate surface area is 231 Å². The van der Waals surface area contributed by atoms with Gasteiger partial charge >= 0.3 is 12.1 Å². The number of hydrogen-bond acceptors (Lipinski definition) is 8. The molecular weight excluding hydrogens is 526 g/mol. The van der Waals surface area contributed by atoms with Crippen molar-refractivity contribution in [3.63, 3.8) is 0 Å². The predicted molar refractivity (Wildman–Crippen MR) is 146 cm³/mol. The van der Waals surface area contributed by atoms with E-state index in [1.807, 2.05) is 18.2 Å². The molecule has 1 aliphatic rings. The van der Waals surface area contributed by atoms with E-state index in [-0.39, 0.29) is 23.6 Å². The van der Waals surface area contributed by atoms with Crippen molar-refractivity contribution in [2.24, 2.45) is 11.8 Å². The standard InChI is InChI=1S/C29H30ClNO8/c1-34-23-10-7-20(30)15-22(23)31-29(33)39-25-9-6-18(14-27(25)37-4)12-21-19(16-38-28(21)32)11-17-5-8-24(35-2)26(13-17)36-3/h5-10,13-15,19,21H,11-12,16H2,1-4H3,(H,31,33)/t19-,21+/m0/s1. The number of anilines is 1. The van der Waals surface area contributed by atoms with Crippen LogP contribution in [-0.2, 0) is 22.4 Å². The number of ether oxygens (including phenoxy) is 6. The van der Waals surface area contributed by atoms with Gasteiger partial charge in [-0.25, -0.2) is 4.79 Å². The highest BCUT2D eigenvalue weighted by atomic mass is 35.5. The highest BCUT2D eigenvalue weighted by Crippen LogP contribution is 2.35. The van der Waals surface area contributed by atoms with Gasteiger partial charge in [-0.05, 0) is 66.4 Å². The van der Waals surface area contributed by atoms with Crippen molar-refractivity contribution in [1.82, 2.24) is 0 Å². The Kier molecular flexibility index (Phi) is 9.03. The topological polar surface area (TPSA) is 102 Å². The van der Waals surface area contributed by atoms with Crippen molar-refractivity contribution in [2.45, 2.75) is 12.8 Å². The second-order valence-electron chi connectivity index (χ2n) is 8.94. The van der Waals surface area contributed by atoms with Crippen LogP contribution in [0, 0.1) is 11.8 Å². The Bertz CT molecular complexity index is 1340. The molecule has 39 heavy (non-hydrogen) atoms. The quantitative estimate of drug-likeness (QED) is 0.324. The van der Waals surface area contributed by atoms with Crippen LogP contribution in [0.1, 0.15) is 11.1 Å². The number of rotatable bonds is 10. The maximum Gasteiger partial charge on any atom is 0.417 e. The van der Waals surface area contributed by atoms with Crippen molar-refractivity contribution in [2.75, 3.05) is 40.4 Å². The first-order valence-electron chi connectivity index (χ1n) is 12.2. The molecule has 0 unspecified atom stereocenters. The van der Waals surface area contributed by atoms with Crippen LogP contribution >= 0.6 is 11.6 Å². The van der Waals surface area contributed by atoms with E-state index in [0.717, 1.165) is 11.1 Å². The lowest BCUT2D eigenvalue weighted by Crippen LogP contribution is -2.21. The molecule has 0 aromatic heterocycles. The number of methoxy groups -OCH3 is 4. The van der Waals surface area contributed by atoms with Gasteiger partial charge in [0.25, 0.3) is 0 Å². The number of hydrogen-bond donors (Lipinski definition) is 1. The lowest BCUT2D eigenvalue weighted by molar-refractivity contribution is -0.141. The largest absolute Gasteiger partial charge is 0.495 e. The molecule has 3 aromatic rings. The molecule has 3 aromatic carbocycles. The third-order valence-corrected chi connectivity index (χ3v) is 6.78. The SMILES string of the molecule is COc1ccc(Cl)cc1NC(=O)Oc1ccc(C[C@H]2C(=O)OC[C@@H]2Cc2ccc(OC)c(OC)c2)cc1OC. The molecule has 0 bridgehead atoms. The van der Waals surface area contributed by atoms with E-state index in [0.29, 0.717) is 53.2 Å². The summed E-state index contributed by atoms with van der Waals surface area (Å²) in [5, 5.41) is 3.05. The van der Waals surface area contributed by atoms with E-state index in [2.05, 4.69) is 5.32 Å². The molecule has 4 rings (SSSR count). The number of cyclic esters (lactones) is 1. The first-order valence-corrected chi connectivity index (χ1v) is 12.6. The van der Waals surface area contributed by atoms with Gasteiger partial charge in [0.15, 0.2) is 23.0 Å². The van der Waals surface area contributed by atoms with Crippen LogP contribution in [0.5, 0.6) is 28.7 Å². The fourth-order valence-electron chi connectivity index (χ4n) is 4.56. The Morgan fingerprint density at radius 1 is 0.821 bits per heavy atom. The summed E-state index contributed by atoms with van der Waals surface area (Å²) in [6.45, 7) is 0.337. The van der Waals surface area contributed by atoms with Crippen LogP contribution in [0.4, 0.5) is 10.5 Å². The Morgan fingerprint density at radius 3 is 2.08 bits per heavy atom. The summed E-state index contributed by atoms with van der Waals surface area (Å²) < 4.78 is 32.3.